The topological polar surface area (TPSA) is 162 Å². The van der Waals surface area contributed by atoms with Crippen molar-refractivity contribution < 1.29 is 33.6 Å². The summed E-state index contributed by atoms with van der Waals surface area (Å²) in [7, 11) is 4.90. The summed E-state index contributed by atoms with van der Waals surface area (Å²) in [5.41, 5.74) is -3.26. The Morgan fingerprint density at radius 3 is 1.56 bits per heavy atom. The van der Waals surface area contributed by atoms with Crippen LogP contribution in [-0.2, 0) is 4.74 Å². The maximum Gasteiger partial charge on any atom is 0.283 e. The van der Waals surface area contributed by atoms with Crippen molar-refractivity contribution in [2.45, 2.75) is 32.1 Å². The van der Waals surface area contributed by atoms with E-state index in [-0.39, 0.29) is 0 Å². The van der Waals surface area contributed by atoms with Crippen molar-refractivity contribution >= 4 is 17.1 Å². The number of rotatable bonds is 6. The Morgan fingerprint density at radius 1 is 0.735 bits per heavy atom. The van der Waals surface area contributed by atoms with Crippen molar-refractivity contribution in [3.8, 4) is 5.75 Å². The number of hydrogen-bond acceptors (Lipinski definition) is 8. The lowest BCUT2D eigenvalue weighted by Crippen LogP contribution is -2.58. The van der Waals surface area contributed by atoms with E-state index in [1.165, 1.54) is 80.3 Å². The Bertz CT molecular complexity index is 845. The van der Waals surface area contributed by atoms with E-state index in [1.54, 1.807) is 0 Å². The van der Waals surface area contributed by atoms with Gasteiger partial charge in [-0.1, -0.05) is 6.42 Å². The zero-order valence-electron chi connectivity index (χ0n) is 19.8. The predicted molar refractivity (Wildman–Crippen MR) is 121 cm³/mol. The third-order valence-corrected chi connectivity index (χ3v) is 6.77. The molecule has 13 heteroatoms. The molecule has 190 valence electrons. The van der Waals surface area contributed by atoms with Crippen LogP contribution in [0.3, 0.4) is 0 Å². The van der Waals surface area contributed by atoms with Crippen LogP contribution in [0.2, 0.25) is 0 Å². The standard InChI is InChI=1S/C15H32N2O.C6H3N3O7/c1-16(8-6-4-3-5-7-9-16)10-11-17(2)12-14-18-15-13-17;10-6-4(8(13)14)1-3(7(11)12)2-5(6)9(15)16/h3-15H2,1-2H3;1-2,10H/q+2;/p-1. The lowest BCUT2D eigenvalue weighted by Gasteiger charge is -2.42. The fourth-order valence-corrected chi connectivity index (χ4v) is 4.30. The highest BCUT2D eigenvalue weighted by Crippen LogP contribution is 2.36. The average molecular weight is 485 g/mol. The molecule has 2 heterocycles. The quantitative estimate of drug-likeness (QED) is 0.337. The summed E-state index contributed by atoms with van der Waals surface area (Å²) in [6.45, 7) is 9.82. The number of likely N-dealkylation sites (tertiary alicyclic amines) is 1. The maximum atomic E-state index is 11.1. The lowest BCUT2D eigenvalue weighted by atomic mass is 10.1. The molecule has 3 rings (SSSR count). The molecule has 0 spiro atoms. The monoisotopic (exact) mass is 484 g/mol. The normalized spacial score (nSPS) is 19.6. The molecule has 0 N–H and O–H groups in total. The van der Waals surface area contributed by atoms with Crippen molar-refractivity contribution in [3.63, 3.8) is 0 Å². The number of nitrogens with zero attached hydrogens (tertiary/aromatic N) is 5. The van der Waals surface area contributed by atoms with Gasteiger partial charge in [0.05, 0.1) is 73.1 Å². The Hall–Kier alpha value is -2.90. The van der Waals surface area contributed by atoms with E-state index in [4.69, 9.17) is 4.74 Å². The number of quaternary nitrogens is 2. The van der Waals surface area contributed by atoms with Crippen LogP contribution in [0.4, 0.5) is 17.1 Å². The summed E-state index contributed by atoms with van der Waals surface area (Å²) >= 11 is 0. The average Bonchev–Trinajstić information content (AvgIpc) is 2.76. The van der Waals surface area contributed by atoms with E-state index in [0.717, 1.165) is 13.2 Å². The fourth-order valence-electron chi connectivity index (χ4n) is 4.30. The molecule has 1 aromatic carbocycles. The SMILES string of the molecule is C[N+]1(CC[N+]2(C)CCOCC2)CCCCCCC1.O=[N+]([O-])c1cc([N+](=O)[O-])c([O-])c([N+](=O)[O-])c1. The van der Waals surface area contributed by atoms with Crippen LogP contribution in [0.15, 0.2) is 12.1 Å². The first kappa shape index (κ1) is 27.3. The van der Waals surface area contributed by atoms with E-state index < -0.39 is 37.6 Å². The summed E-state index contributed by atoms with van der Waals surface area (Å²) < 4.78 is 8.04. The highest BCUT2D eigenvalue weighted by molar-refractivity contribution is 5.63. The van der Waals surface area contributed by atoms with E-state index in [0.29, 0.717) is 12.1 Å². The molecule has 1 aromatic rings. The predicted octanol–water partition coefficient (Wildman–Crippen LogP) is 2.36. The van der Waals surface area contributed by atoms with Crippen molar-refractivity contribution in [3.05, 3.63) is 42.5 Å². The first-order valence-electron chi connectivity index (χ1n) is 11.5. The van der Waals surface area contributed by atoms with Crippen molar-refractivity contribution in [1.29, 1.82) is 0 Å². The van der Waals surface area contributed by atoms with Gasteiger partial charge in [0.15, 0.2) is 0 Å². The van der Waals surface area contributed by atoms with Crippen LogP contribution in [0.25, 0.3) is 0 Å². The van der Waals surface area contributed by atoms with Gasteiger partial charge >= 0.3 is 0 Å². The Morgan fingerprint density at radius 2 is 1.15 bits per heavy atom. The Kier molecular flexibility index (Phi) is 9.65. The Balaban J connectivity index is 0.000000242. The molecule has 0 unspecified atom stereocenters. The van der Waals surface area contributed by atoms with Crippen LogP contribution >= 0.6 is 0 Å². The summed E-state index contributed by atoms with van der Waals surface area (Å²) in [6, 6.07) is 0.769. The minimum Gasteiger partial charge on any atom is -0.863 e. The first-order valence-corrected chi connectivity index (χ1v) is 11.5. The number of hydrogen-bond donors (Lipinski definition) is 0. The van der Waals surface area contributed by atoms with Gasteiger partial charge in [0.25, 0.3) is 17.1 Å². The molecule has 0 bridgehead atoms. The molecule has 2 fully saturated rings. The van der Waals surface area contributed by atoms with Crippen LogP contribution in [0.1, 0.15) is 32.1 Å². The number of benzene rings is 1. The summed E-state index contributed by atoms with van der Waals surface area (Å²) in [5, 5.41) is 42.1. The molecule has 13 nitrogen and oxygen atoms in total. The first-order chi connectivity index (χ1) is 16.0. The second kappa shape index (κ2) is 12.0. The second-order valence-corrected chi connectivity index (χ2v) is 9.55. The lowest BCUT2D eigenvalue weighted by molar-refractivity contribution is -0.967. The molecule has 2 saturated heterocycles. The molecule has 0 amide bonds. The van der Waals surface area contributed by atoms with Gasteiger partial charge in [-0.25, -0.2) is 0 Å². The van der Waals surface area contributed by atoms with E-state index in [1.807, 2.05) is 0 Å². The van der Waals surface area contributed by atoms with Gasteiger partial charge in [-0.15, -0.1) is 0 Å². The molecule has 2 aliphatic rings. The highest BCUT2D eigenvalue weighted by Gasteiger charge is 2.31. The van der Waals surface area contributed by atoms with Gasteiger partial charge in [0.2, 0.25) is 0 Å². The largest absolute Gasteiger partial charge is 0.863 e. The molecular weight excluding hydrogens is 450 g/mol. The molecule has 0 saturated carbocycles. The summed E-state index contributed by atoms with van der Waals surface area (Å²) in [4.78, 5) is 27.5. The van der Waals surface area contributed by atoms with Crippen molar-refractivity contribution in [2.24, 2.45) is 0 Å². The number of likely N-dealkylation sites (N-methyl/N-ethyl adjacent to an activating group) is 2. The van der Waals surface area contributed by atoms with Crippen LogP contribution in [0.5, 0.6) is 5.75 Å². The molecule has 0 radical (unpaired) electrons. The third kappa shape index (κ3) is 7.85. The van der Waals surface area contributed by atoms with Gasteiger partial charge < -0.3 is 18.8 Å². The summed E-state index contributed by atoms with van der Waals surface area (Å²) in [5.74, 6) is -1.46. The zero-order chi connectivity index (χ0) is 25.4. The van der Waals surface area contributed by atoms with Crippen LogP contribution in [-0.4, -0.2) is 90.3 Å². The van der Waals surface area contributed by atoms with Gasteiger partial charge in [-0.2, -0.15) is 0 Å². The summed E-state index contributed by atoms with van der Waals surface area (Å²) in [6.07, 6.45) is 7.24. The van der Waals surface area contributed by atoms with Gasteiger partial charge in [0, 0.05) is 0 Å². The molecule has 34 heavy (non-hydrogen) atoms. The van der Waals surface area contributed by atoms with Gasteiger partial charge in [-0.05, 0) is 25.7 Å². The van der Waals surface area contributed by atoms with Gasteiger partial charge in [0.1, 0.15) is 26.2 Å². The minimum absolute atomic E-state index is 0.384. The van der Waals surface area contributed by atoms with E-state index in [2.05, 4.69) is 14.1 Å². The Labute approximate surface area is 198 Å². The number of morpholine rings is 1. The number of nitro groups is 3. The van der Waals surface area contributed by atoms with E-state index >= 15 is 0 Å². The third-order valence-electron chi connectivity index (χ3n) is 6.77. The molecule has 0 atom stereocenters. The minimum atomic E-state index is -1.46. The number of non-ortho nitro benzene ring substituents is 1. The maximum absolute atomic E-state index is 11.1. The number of ether oxygens (including phenoxy) is 1. The second-order valence-electron chi connectivity index (χ2n) is 9.55. The highest BCUT2D eigenvalue weighted by atomic mass is 16.6. The molecule has 2 aliphatic heterocycles. The zero-order valence-corrected chi connectivity index (χ0v) is 19.8. The molecule has 0 aromatic heterocycles. The van der Waals surface area contributed by atoms with E-state index in [9.17, 15) is 35.4 Å². The number of nitro benzene ring substituents is 3. The smallest absolute Gasteiger partial charge is 0.283 e. The van der Waals surface area contributed by atoms with Crippen LogP contribution in [0, 0.1) is 30.3 Å². The van der Waals surface area contributed by atoms with Crippen molar-refractivity contribution in [1.82, 2.24) is 0 Å². The van der Waals surface area contributed by atoms with Crippen LogP contribution < -0.4 is 5.11 Å². The fraction of sp³-hybridized carbons (Fsp3) is 0.714. The molecule has 0 aliphatic carbocycles. The van der Waals surface area contributed by atoms with Crippen molar-refractivity contribution in [2.75, 3.05) is 66.6 Å². The van der Waals surface area contributed by atoms with Gasteiger partial charge in [-0.3, -0.25) is 30.3 Å². The molecular formula is C21H34N5O8+.